The highest BCUT2D eigenvalue weighted by Crippen LogP contribution is 2.32. The summed E-state index contributed by atoms with van der Waals surface area (Å²) in [7, 11) is 0. The lowest BCUT2D eigenvalue weighted by Gasteiger charge is -2.31. The summed E-state index contributed by atoms with van der Waals surface area (Å²) in [5.41, 5.74) is 0.579. The molecule has 1 saturated carbocycles. The first-order chi connectivity index (χ1) is 8.55. The predicted octanol–water partition coefficient (Wildman–Crippen LogP) is 4.60. The quantitative estimate of drug-likeness (QED) is 0.844. The first-order valence-corrected chi connectivity index (χ1v) is 7.40. The lowest BCUT2D eigenvalue weighted by atomic mass is 9.79. The Hall–Kier alpha value is -0.530. The molecule has 1 atom stereocenters. The van der Waals surface area contributed by atoms with E-state index in [0.29, 0.717) is 5.92 Å². The van der Waals surface area contributed by atoms with Gasteiger partial charge in [-0.3, -0.25) is 0 Å². The molecule has 1 nitrogen and oxygen atoms in total. The van der Waals surface area contributed by atoms with E-state index in [1.807, 2.05) is 31.2 Å². The van der Waals surface area contributed by atoms with Gasteiger partial charge in [0.05, 0.1) is 5.60 Å². The molecule has 0 aromatic heterocycles. The second kappa shape index (κ2) is 6.08. The molecule has 0 aliphatic heterocycles. The molecule has 1 aliphatic rings. The van der Waals surface area contributed by atoms with Gasteiger partial charge in [-0.2, -0.15) is 0 Å². The van der Waals surface area contributed by atoms with E-state index in [1.165, 1.54) is 37.7 Å². The largest absolute Gasteiger partial charge is 0.390 e. The molecule has 0 heterocycles. The Morgan fingerprint density at radius 3 is 2.39 bits per heavy atom. The van der Waals surface area contributed by atoms with Gasteiger partial charge < -0.3 is 5.11 Å². The molecule has 0 amide bonds. The van der Waals surface area contributed by atoms with Gasteiger partial charge in [-0.1, -0.05) is 55.8 Å². The lowest BCUT2D eigenvalue weighted by molar-refractivity contribution is 0.0279. The number of aliphatic hydroxyl groups is 1. The van der Waals surface area contributed by atoms with Crippen LogP contribution in [-0.4, -0.2) is 10.7 Å². The highest BCUT2D eigenvalue weighted by atomic mass is 35.5. The fourth-order valence-electron chi connectivity index (χ4n) is 3.13. The van der Waals surface area contributed by atoms with Crippen LogP contribution in [0.25, 0.3) is 0 Å². The molecule has 0 saturated heterocycles. The third kappa shape index (κ3) is 4.29. The van der Waals surface area contributed by atoms with Crippen molar-refractivity contribution in [2.45, 2.75) is 57.5 Å². The van der Waals surface area contributed by atoms with E-state index in [-0.39, 0.29) is 0 Å². The van der Waals surface area contributed by atoms with Gasteiger partial charge in [0.15, 0.2) is 0 Å². The van der Waals surface area contributed by atoms with Crippen LogP contribution >= 0.6 is 11.6 Å². The molecule has 1 unspecified atom stereocenters. The maximum atomic E-state index is 10.6. The zero-order valence-electron chi connectivity index (χ0n) is 11.2. The first-order valence-electron chi connectivity index (χ1n) is 7.02. The Morgan fingerprint density at radius 1 is 1.17 bits per heavy atom. The van der Waals surface area contributed by atoms with Crippen molar-refractivity contribution >= 4 is 11.6 Å². The minimum atomic E-state index is -0.587. The summed E-state index contributed by atoms with van der Waals surface area (Å²) >= 11 is 5.88. The van der Waals surface area contributed by atoms with Gasteiger partial charge in [0.2, 0.25) is 0 Å². The second-order valence-electron chi connectivity index (χ2n) is 6.01. The van der Waals surface area contributed by atoms with Crippen LogP contribution < -0.4 is 0 Å². The number of benzene rings is 1. The summed E-state index contributed by atoms with van der Waals surface area (Å²) in [5.74, 6) is 0.709. The average molecular weight is 267 g/mol. The van der Waals surface area contributed by atoms with Crippen molar-refractivity contribution < 1.29 is 5.11 Å². The Labute approximate surface area is 115 Å². The normalized spacial score (nSPS) is 20.6. The molecule has 1 N–H and O–H groups in total. The number of hydrogen-bond donors (Lipinski definition) is 1. The zero-order valence-corrected chi connectivity index (χ0v) is 11.9. The van der Waals surface area contributed by atoms with E-state index < -0.39 is 5.60 Å². The molecule has 0 spiro atoms. The highest BCUT2D eigenvalue weighted by molar-refractivity contribution is 6.30. The van der Waals surface area contributed by atoms with E-state index >= 15 is 0 Å². The van der Waals surface area contributed by atoms with Gasteiger partial charge in [-0.05, 0) is 37.0 Å². The van der Waals surface area contributed by atoms with Gasteiger partial charge in [-0.15, -0.1) is 0 Å². The molecule has 1 aromatic carbocycles. The third-order valence-electron chi connectivity index (χ3n) is 3.95. The Bertz CT molecular complexity index is 363. The van der Waals surface area contributed by atoms with Crippen molar-refractivity contribution in [1.29, 1.82) is 0 Å². The van der Waals surface area contributed by atoms with Crippen LogP contribution in [-0.2, 0) is 6.42 Å². The molecule has 100 valence electrons. The smallest absolute Gasteiger partial charge is 0.0662 e. The van der Waals surface area contributed by atoms with E-state index in [2.05, 4.69) is 0 Å². The van der Waals surface area contributed by atoms with E-state index in [9.17, 15) is 5.11 Å². The molecule has 1 aromatic rings. The minimum absolute atomic E-state index is 0.587. The number of rotatable bonds is 4. The van der Waals surface area contributed by atoms with E-state index in [1.54, 1.807) is 0 Å². The number of hydrogen-bond acceptors (Lipinski definition) is 1. The van der Waals surface area contributed by atoms with Crippen molar-refractivity contribution in [3.05, 3.63) is 34.9 Å². The predicted molar refractivity (Wildman–Crippen MR) is 77.0 cm³/mol. The summed E-state index contributed by atoms with van der Waals surface area (Å²) in [6.07, 6.45) is 8.27. The Balaban J connectivity index is 1.91. The molecular weight excluding hydrogens is 244 g/mol. The zero-order chi connectivity index (χ0) is 13.0. The second-order valence-corrected chi connectivity index (χ2v) is 6.44. The van der Waals surface area contributed by atoms with Crippen molar-refractivity contribution in [2.75, 3.05) is 0 Å². The molecule has 1 fully saturated rings. The van der Waals surface area contributed by atoms with E-state index in [0.717, 1.165) is 17.9 Å². The third-order valence-corrected chi connectivity index (χ3v) is 4.20. The van der Waals surface area contributed by atoms with Crippen molar-refractivity contribution in [2.24, 2.45) is 5.92 Å². The monoisotopic (exact) mass is 266 g/mol. The molecule has 0 bridgehead atoms. The van der Waals surface area contributed by atoms with Gasteiger partial charge >= 0.3 is 0 Å². The standard InChI is InChI=1S/C16H23ClO/c1-16(18,11-13-5-3-2-4-6-13)12-14-7-9-15(17)10-8-14/h7-10,13,18H,2-6,11-12H2,1H3. The molecule has 18 heavy (non-hydrogen) atoms. The molecule has 1 aliphatic carbocycles. The summed E-state index contributed by atoms with van der Waals surface area (Å²) in [6, 6.07) is 7.82. The molecule has 2 rings (SSSR count). The van der Waals surface area contributed by atoms with Crippen LogP contribution in [0.2, 0.25) is 5.02 Å². The maximum Gasteiger partial charge on any atom is 0.0662 e. The van der Waals surface area contributed by atoms with Crippen LogP contribution in [0.15, 0.2) is 24.3 Å². The summed E-state index contributed by atoms with van der Waals surface area (Å²) in [4.78, 5) is 0. The SMILES string of the molecule is CC(O)(Cc1ccc(Cl)cc1)CC1CCCCC1. The summed E-state index contributed by atoms with van der Waals surface area (Å²) in [6.45, 7) is 1.97. The molecular formula is C16H23ClO. The van der Waals surface area contributed by atoms with E-state index in [4.69, 9.17) is 11.6 Å². The summed E-state index contributed by atoms with van der Waals surface area (Å²) < 4.78 is 0. The van der Waals surface area contributed by atoms with Crippen LogP contribution in [0.4, 0.5) is 0 Å². The fourth-order valence-corrected chi connectivity index (χ4v) is 3.25. The van der Waals surface area contributed by atoms with Crippen molar-refractivity contribution in [1.82, 2.24) is 0 Å². The van der Waals surface area contributed by atoms with Crippen LogP contribution in [0, 0.1) is 5.92 Å². The minimum Gasteiger partial charge on any atom is -0.390 e. The van der Waals surface area contributed by atoms with Gasteiger partial charge in [-0.25, -0.2) is 0 Å². The first kappa shape index (κ1) is 13.9. The Kier molecular flexibility index (Phi) is 4.69. The van der Waals surface area contributed by atoms with Gasteiger partial charge in [0.1, 0.15) is 0 Å². The van der Waals surface area contributed by atoms with Gasteiger partial charge in [0, 0.05) is 11.4 Å². The van der Waals surface area contributed by atoms with Crippen LogP contribution in [0.3, 0.4) is 0 Å². The molecule has 0 radical (unpaired) electrons. The topological polar surface area (TPSA) is 20.2 Å². The van der Waals surface area contributed by atoms with Crippen molar-refractivity contribution in [3.8, 4) is 0 Å². The van der Waals surface area contributed by atoms with Crippen molar-refractivity contribution in [3.63, 3.8) is 0 Å². The average Bonchev–Trinajstić information content (AvgIpc) is 2.32. The molecule has 2 heteroatoms. The highest BCUT2D eigenvalue weighted by Gasteiger charge is 2.26. The summed E-state index contributed by atoms with van der Waals surface area (Å²) in [5, 5.41) is 11.3. The lowest BCUT2D eigenvalue weighted by Crippen LogP contribution is -2.31. The van der Waals surface area contributed by atoms with Crippen LogP contribution in [0.1, 0.15) is 51.0 Å². The number of halogens is 1. The fraction of sp³-hybridized carbons (Fsp3) is 0.625. The van der Waals surface area contributed by atoms with Gasteiger partial charge in [0.25, 0.3) is 0 Å². The maximum absolute atomic E-state index is 10.6. The Morgan fingerprint density at radius 2 is 1.78 bits per heavy atom. The van der Waals surface area contributed by atoms with Crippen LogP contribution in [0.5, 0.6) is 0 Å².